The van der Waals surface area contributed by atoms with Crippen molar-refractivity contribution in [3.63, 3.8) is 0 Å². The van der Waals surface area contributed by atoms with Crippen molar-refractivity contribution in [2.45, 2.75) is 19.1 Å². The predicted molar refractivity (Wildman–Crippen MR) is 62.9 cm³/mol. The van der Waals surface area contributed by atoms with Gasteiger partial charge in [-0.1, -0.05) is 6.08 Å². The standard InChI is InChI=1S/C10H15NO6S/c1-3-18(14,15)17-8-6-7(9(12)13)4-5-10(8,11)16-2/h4,6H,3,5,11H2,1-2H3,(H,12,13). The fourth-order valence-electron chi connectivity index (χ4n) is 1.31. The molecule has 0 bridgehead atoms. The third kappa shape index (κ3) is 3.09. The summed E-state index contributed by atoms with van der Waals surface area (Å²) in [6, 6.07) is 0. The fraction of sp³-hybridized carbons (Fsp3) is 0.500. The number of ether oxygens (including phenoxy) is 1. The normalized spacial score (nSPS) is 24.2. The molecule has 8 heteroatoms. The second-order valence-electron chi connectivity index (χ2n) is 3.70. The lowest BCUT2D eigenvalue weighted by atomic mass is 9.98. The van der Waals surface area contributed by atoms with Gasteiger partial charge in [0.1, 0.15) is 0 Å². The third-order valence-corrected chi connectivity index (χ3v) is 3.65. The molecule has 0 radical (unpaired) electrons. The number of carbonyl (C=O) groups is 1. The largest absolute Gasteiger partial charge is 0.478 e. The maximum atomic E-state index is 11.4. The number of nitrogens with two attached hydrogens (primary N) is 1. The van der Waals surface area contributed by atoms with Crippen LogP contribution < -0.4 is 5.73 Å². The predicted octanol–water partition coefficient (Wildman–Crippen LogP) is -0.0473. The monoisotopic (exact) mass is 277 g/mol. The van der Waals surface area contributed by atoms with Gasteiger partial charge in [0.05, 0.1) is 11.3 Å². The Hall–Kier alpha value is -1.38. The molecule has 0 saturated carbocycles. The SMILES string of the molecule is CCS(=O)(=O)OC1=CC(C(=O)O)=CCC1(N)OC. The summed E-state index contributed by atoms with van der Waals surface area (Å²) in [6.07, 6.45) is 2.41. The zero-order chi connectivity index (χ0) is 14.0. The van der Waals surface area contributed by atoms with Crippen LogP contribution in [0, 0.1) is 0 Å². The first kappa shape index (κ1) is 14.7. The van der Waals surface area contributed by atoms with E-state index in [1.165, 1.54) is 20.1 Å². The Bertz CT molecular complexity index is 506. The minimum atomic E-state index is -3.80. The van der Waals surface area contributed by atoms with Gasteiger partial charge in [-0.3, -0.25) is 5.73 Å². The summed E-state index contributed by atoms with van der Waals surface area (Å²) in [6.45, 7) is 1.40. The van der Waals surface area contributed by atoms with Crippen molar-refractivity contribution in [2.24, 2.45) is 5.73 Å². The van der Waals surface area contributed by atoms with E-state index in [-0.39, 0.29) is 23.5 Å². The maximum absolute atomic E-state index is 11.4. The van der Waals surface area contributed by atoms with Crippen molar-refractivity contribution in [3.05, 3.63) is 23.5 Å². The summed E-state index contributed by atoms with van der Waals surface area (Å²) < 4.78 is 32.6. The average Bonchev–Trinajstić information content (AvgIpc) is 2.31. The van der Waals surface area contributed by atoms with E-state index >= 15 is 0 Å². The smallest absolute Gasteiger partial charge is 0.335 e. The van der Waals surface area contributed by atoms with E-state index < -0.39 is 21.8 Å². The van der Waals surface area contributed by atoms with Crippen molar-refractivity contribution >= 4 is 16.1 Å². The van der Waals surface area contributed by atoms with Gasteiger partial charge in [-0.05, 0) is 13.0 Å². The Balaban J connectivity index is 3.14. The number of aliphatic carboxylic acids is 1. The van der Waals surface area contributed by atoms with Crippen LogP contribution in [0.15, 0.2) is 23.5 Å². The molecule has 0 amide bonds. The number of methoxy groups -OCH3 is 1. The van der Waals surface area contributed by atoms with Gasteiger partial charge in [0, 0.05) is 13.5 Å². The second-order valence-corrected chi connectivity index (χ2v) is 5.56. The molecule has 0 fully saturated rings. The first-order chi connectivity index (χ1) is 8.24. The molecule has 1 rings (SSSR count). The molecule has 18 heavy (non-hydrogen) atoms. The average molecular weight is 277 g/mol. The molecule has 1 unspecified atom stereocenters. The molecule has 1 aliphatic carbocycles. The molecule has 0 saturated heterocycles. The van der Waals surface area contributed by atoms with Crippen LogP contribution in [0.2, 0.25) is 0 Å². The van der Waals surface area contributed by atoms with Gasteiger partial charge in [0.15, 0.2) is 11.5 Å². The quantitative estimate of drug-likeness (QED) is 0.534. The molecule has 0 aliphatic heterocycles. The second kappa shape index (κ2) is 5.09. The highest BCUT2D eigenvalue weighted by molar-refractivity contribution is 7.86. The molecular formula is C10H15NO6S. The van der Waals surface area contributed by atoms with Crippen LogP contribution in [-0.2, 0) is 23.8 Å². The van der Waals surface area contributed by atoms with Gasteiger partial charge in [0.25, 0.3) is 0 Å². The number of carboxylic acid groups (broad SMARTS) is 1. The summed E-state index contributed by atoms with van der Waals surface area (Å²) >= 11 is 0. The highest BCUT2D eigenvalue weighted by atomic mass is 32.2. The van der Waals surface area contributed by atoms with Crippen molar-refractivity contribution in [3.8, 4) is 0 Å². The Kier molecular flexibility index (Phi) is 4.15. The number of hydrogen-bond acceptors (Lipinski definition) is 6. The molecule has 1 aliphatic rings. The third-order valence-electron chi connectivity index (χ3n) is 2.51. The highest BCUT2D eigenvalue weighted by Gasteiger charge is 2.37. The van der Waals surface area contributed by atoms with Crippen molar-refractivity contribution in [1.29, 1.82) is 0 Å². The van der Waals surface area contributed by atoms with Crippen LogP contribution in [0.3, 0.4) is 0 Å². The summed E-state index contributed by atoms with van der Waals surface area (Å²) in [5.74, 6) is -1.68. The van der Waals surface area contributed by atoms with Gasteiger partial charge >= 0.3 is 16.1 Å². The van der Waals surface area contributed by atoms with Crippen LogP contribution in [0.4, 0.5) is 0 Å². The van der Waals surface area contributed by atoms with Gasteiger partial charge < -0.3 is 14.0 Å². The van der Waals surface area contributed by atoms with Crippen LogP contribution in [-0.4, -0.2) is 38.1 Å². The lowest BCUT2D eigenvalue weighted by Gasteiger charge is -2.31. The van der Waals surface area contributed by atoms with Crippen LogP contribution in [0.5, 0.6) is 0 Å². The van der Waals surface area contributed by atoms with E-state index in [2.05, 4.69) is 0 Å². The van der Waals surface area contributed by atoms with Crippen molar-refractivity contribution < 1.29 is 27.2 Å². The van der Waals surface area contributed by atoms with E-state index in [0.717, 1.165) is 6.08 Å². The minimum Gasteiger partial charge on any atom is -0.478 e. The molecule has 0 aromatic heterocycles. The van der Waals surface area contributed by atoms with Gasteiger partial charge in [-0.25, -0.2) is 4.79 Å². The summed E-state index contributed by atoms with van der Waals surface area (Å²) in [5, 5.41) is 8.85. The lowest BCUT2D eigenvalue weighted by molar-refractivity contribution is -0.132. The molecule has 3 N–H and O–H groups in total. The molecule has 0 spiro atoms. The van der Waals surface area contributed by atoms with E-state index in [4.69, 9.17) is 19.8 Å². The molecule has 0 heterocycles. The molecular weight excluding hydrogens is 262 g/mol. The Labute approximate surface area is 105 Å². The Morgan fingerprint density at radius 3 is 2.67 bits per heavy atom. The molecule has 102 valence electrons. The minimum absolute atomic E-state index is 0.0101. The van der Waals surface area contributed by atoms with E-state index in [0.29, 0.717) is 0 Å². The Morgan fingerprint density at radius 2 is 2.22 bits per heavy atom. The fourth-order valence-corrected chi connectivity index (χ4v) is 1.89. The van der Waals surface area contributed by atoms with E-state index in [1.807, 2.05) is 0 Å². The molecule has 0 aromatic rings. The van der Waals surface area contributed by atoms with Crippen molar-refractivity contribution in [2.75, 3.05) is 12.9 Å². The highest BCUT2D eigenvalue weighted by Crippen LogP contribution is 2.29. The number of carboxylic acids is 1. The zero-order valence-electron chi connectivity index (χ0n) is 10.0. The van der Waals surface area contributed by atoms with Gasteiger partial charge in [0.2, 0.25) is 0 Å². The van der Waals surface area contributed by atoms with Crippen LogP contribution in [0.25, 0.3) is 0 Å². The molecule has 7 nitrogen and oxygen atoms in total. The molecule has 1 atom stereocenters. The summed E-state index contributed by atoms with van der Waals surface area (Å²) in [4.78, 5) is 10.8. The maximum Gasteiger partial charge on any atom is 0.335 e. The van der Waals surface area contributed by atoms with E-state index in [1.54, 1.807) is 0 Å². The van der Waals surface area contributed by atoms with Crippen molar-refractivity contribution in [1.82, 2.24) is 0 Å². The van der Waals surface area contributed by atoms with Crippen LogP contribution >= 0.6 is 0 Å². The van der Waals surface area contributed by atoms with Crippen LogP contribution in [0.1, 0.15) is 13.3 Å². The summed E-state index contributed by atoms with van der Waals surface area (Å²) in [5.41, 5.74) is 4.25. The number of hydrogen-bond donors (Lipinski definition) is 2. The zero-order valence-corrected chi connectivity index (χ0v) is 10.9. The molecule has 0 aromatic carbocycles. The van der Waals surface area contributed by atoms with Gasteiger partial charge in [-0.15, -0.1) is 0 Å². The van der Waals surface area contributed by atoms with Gasteiger partial charge in [-0.2, -0.15) is 8.42 Å². The lowest BCUT2D eigenvalue weighted by Crippen LogP contribution is -2.46. The first-order valence-electron chi connectivity index (χ1n) is 5.16. The first-order valence-corrected chi connectivity index (χ1v) is 6.73. The topological polar surface area (TPSA) is 116 Å². The number of rotatable bonds is 5. The Morgan fingerprint density at radius 1 is 1.61 bits per heavy atom. The van der Waals surface area contributed by atoms with E-state index in [9.17, 15) is 13.2 Å². The summed E-state index contributed by atoms with van der Waals surface area (Å²) in [7, 11) is -2.51.